The van der Waals surface area contributed by atoms with E-state index in [0.717, 1.165) is 30.2 Å². The number of nitrogens with zero attached hydrogens (tertiary/aromatic N) is 6. The minimum atomic E-state index is -0.258. The van der Waals surface area contributed by atoms with Crippen molar-refractivity contribution in [2.45, 2.75) is 5.16 Å². The summed E-state index contributed by atoms with van der Waals surface area (Å²) < 4.78 is 8.64. The van der Waals surface area contributed by atoms with Gasteiger partial charge in [0.25, 0.3) is 0 Å². The monoisotopic (exact) mass is 476 g/mol. The number of ether oxygens (including phenoxy) is 1. The maximum atomic E-state index is 12.9. The number of rotatable bonds is 6. The summed E-state index contributed by atoms with van der Waals surface area (Å²) in [6, 6.07) is 17.3. The third kappa shape index (κ3) is 4.24. The molecular weight excluding hydrogens is 452 g/mol. The van der Waals surface area contributed by atoms with Crippen LogP contribution in [0.2, 0.25) is 0 Å². The highest BCUT2D eigenvalue weighted by molar-refractivity contribution is 7.99. The summed E-state index contributed by atoms with van der Waals surface area (Å²) in [4.78, 5) is 29.8. The normalized spacial score (nSPS) is 13.9. The van der Waals surface area contributed by atoms with Gasteiger partial charge in [0, 0.05) is 44.3 Å². The summed E-state index contributed by atoms with van der Waals surface area (Å²) in [6.45, 7) is 2.76. The molecule has 0 atom stereocenters. The van der Waals surface area contributed by atoms with Crippen molar-refractivity contribution in [1.82, 2.24) is 24.1 Å². The summed E-state index contributed by atoms with van der Waals surface area (Å²) >= 11 is 1.29. The number of amides is 1. The van der Waals surface area contributed by atoms with Crippen molar-refractivity contribution in [3.05, 3.63) is 77.3 Å². The molecule has 174 valence electrons. The first-order valence-corrected chi connectivity index (χ1v) is 11.9. The summed E-state index contributed by atoms with van der Waals surface area (Å²) in [5.74, 6) is 1.11. The maximum absolute atomic E-state index is 12.9. The minimum absolute atomic E-state index is 0.0408. The van der Waals surface area contributed by atoms with Crippen LogP contribution in [0.3, 0.4) is 0 Å². The summed E-state index contributed by atoms with van der Waals surface area (Å²) in [7, 11) is 1.67. The van der Waals surface area contributed by atoms with Crippen molar-refractivity contribution in [1.29, 1.82) is 0 Å². The van der Waals surface area contributed by atoms with E-state index in [9.17, 15) is 9.59 Å². The van der Waals surface area contributed by atoms with Gasteiger partial charge in [-0.25, -0.2) is 0 Å². The molecule has 0 saturated carbocycles. The van der Waals surface area contributed by atoms with Crippen molar-refractivity contribution < 1.29 is 9.53 Å². The standard InChI is InChI=1S/C24H24N6O3S/c1-33-20-10-6-5-9-19(20)27-11-13-28(14-12-27)21(31)17-34-24-26-25-22-23(32)29(15-16-30(22)24)18-7-3-2-4-8-18/h2-10,15-16H,11-14,17H2,1H3. The first-order chi connectivity index (χ1) is 16.7. The SMILES string of the molecule is COc1ccccc1N1CCN(C(=O)CSc2nnc3c(=O)n(-c4ccccc4)ccn23)CC1. The number of hydrogen-bond donors (Lipinski definition) is 0. The van der Waals surface area contributed by atoms with Crippen LogP contribution in [0, 0.1) is 0 Å². The number of hydrogen-bond acceptors (Lipinski definition) is 7. The van der Waals surface area contributed by atoms with Gasteiger partial charge in [-0.1, -0.05) is 42.1 Å². The Labute approximate surface area is 200 Å². The minimum Gasteiger partial charge on any atom is -0.495 e. The van der Waals surface area contributed by atoms with E-state index in [0.29, 0.717) is 18.2 Å². The Bertz CT molecular complexity index is 1360. The van der Waals surface area contributed by atoms with Gasteiger partial charge >= 0.3 is 5.56 Å². The predicted octanol–water partition coefficient (Wildman–Crippen LogP) is 2.33. The van der Waals surface area contributed by atoms with Gasteiger partial charge in [0.15, 0.2) is 5.16 Å². The molecule has 9 nitrogen and oxygen atoms in total. The lowest BCUT2D eigenvalue weighted by molar-refractivity contribution is -0.128. The van der Waals surface area contributed by atoms with Crippen molar-refractivity contribution in [3.63, 3.8) is 0 Å². The zero-order valence-electron chi connectivity index (χ0n) is 18.7. The molecule has 0 N–H and O–H groups in total. The molecule has 1 amide bonds. The molecule has 4 aromatic rings. The summed E-state index contributed by atoms with van der Waals surface area (Å²) in [6.07, 6.45) is 3.44. The van der Waals surface area contributed by atoms with E-state index in [-0.39, 0.29) is 22.9 Å². The van der Waals surface area contributed by atoms with Crippen LogP contribution in [0.15, 0.2) is 76.9 Å². The molecule has 0 unspecified atom stereocenters. The van der Waals surface area contributed by atoms with Crippen LogP contribution in [0.25, 0.3) is 11.3 Å². The molecule has 5 rings (SSSR count). The highest BCUT2D eigenvalue weighted by atomic mass is 32.2. The second-order valence-electron chi connectivity index (χ2n) is 7.81. The Morgan fingerprint density at radius 2 is 1.71 bits per heavy atom. The molecule has 10 heteroatoms. The van der Waals surface area contributed by atoms with Crippen molar-refractivity contribution in [3.8, 4) is 11.4 Å². The predicted molar refractivity (Wildman–Crippen MR) is 131 cm³/mol. The van der Waals surface area contributed by atoms with Crippen LogP contribution >= 0.6 is 11.8 Å². The second kappa shape index (κ2) is 9.60. The summed E-state index contributed by atoms with van der Waals surface area (Å²) in [5.41, 5.74) is 1.77. The molecule has 1 aliphatic rings. The topological polar surface area (TPSA) is 85.0 Å². The van der Waals surface area contributed by atoms with Gasteiger partial charge in [-0.15, -0.1) is 10.2 Å². The van der Waals surface area contributed by atoms with Gasteiger partial charge in [-0.2, -0.15) is 0 Å². The first kappa shape index (κ1) is 22.0. The lowest BCUT2D eigenvalue weighted by atomic mass is 10.2. The highest BCUT2D eigenvalue weighted by Gasteiger charge is 2.23. The molecule has 1 fully saturated rings. The van der Waals surface area contributed by atoms with Gasteiger partial charge in [0.05, 0.1) is 18.6 Å². The van der Waals surface area contributed by atoms with Crippen LogP contribution in [0.5, 0.6) is 5.75 Å². The van der Waals surface area contributed by atoms with E-state index in [2.05, 4.69) is 15.1 Å². The van der Waals surface area contributed by atoms with Crippen molar-refractivity contribution in [2.75, 3.05) is 43.9 Å². The number of para-hydroxylation sites is 3. The fourth-order valence-electron chi connectivity index (χ4n) is 4.06. The Balaban J connectivity index is 1.23. The van der Waals surface area contributed by atoms with Crippen LogP contribution in [0.4, 0.5) is 5.69 Å². The fourth-order valence-corrected chi connectivity index (χ4v) is 4.88. The zero-order chi connectivity index (χ0) is 23.5. The van der Waals surface area contributed by atoms with E-state index in [1.807, 2.05) is 59.5 Å². The summed E-state index contributed by atoms with van der Waals surface area (Å²) in [5, 5.41) is 8.74. The lowest BCUT2D eigenvalue weighted by Crippen LogP contribution is -2.49. The van der Waals surface area contributed by atoms with Crippen LogP contribution in [-0.2, 0) is 4.79 Å². The molecule has 1 aliphatic heterocycles. The largest absolute Gasteiger partial charge is 0.495 e. The molecule has 0 spiro atoms. The zero-order valence-corrected chi connectivity index (χ0v) is 19.5. The van der Waals surface area contributed by atoms with E-state index < -0.39 is 0 Å². The molecule has 0 bridgehead atoms. The number of methoxy groups -OCH3 is 1. The number of anilines is 1. The van der Waals surface area contributed by atoms with Crippen LogP contribution < -0.4 is 15.2 Å². The van der Waals surface area contributed by atoms with E-state index in [1.54, 1.807) is 23.9 Å². The van der Waals surface area contributed by atoms with E-state index >= 15 is 0 Å². The molecular formula is C24H24N6O3S. The molecule has 3 heterocycles. The van der Waals surface area contributed by atoms with Crippen molar-refractivity contribution in [2.24, 2.45) is 0 Å². The Hall–Kier alpha value is -3.79. The quantitative estimate of drug-likeness (QED) is 0.395. The Morgan fingerprint density at radius 1 is 0.971 bits per heavy atom. The third-order valence-electron chi connectivity index (χ3n) is 5.86. The average molecular weight is 477 g/mol. The van der Waals surface area contributed by atoms with Gasteiger partial charge < -0.3 is 14.5 Å². The van der Waals surface area contributed by atoms with Gasteiger partial charge in [-0.05, 0) is 24.3 Å². The number of piperazine rings is 1. The second-order valence-corrected chi connectivity index (χ2v) is 8.76. The van der Waals surface area contributed by atoms with Crippen LogP contribution in [-0.4, -0.2) is 69.0 Å². The average Bonchev–Trinajstić information content (AvgIpc) is 3.32. The molecule has 2 aromatic carbocycles. The number of benzene rings is 2. The first-order valence-electron chi connectivity index (χ1n) is 11.0. The molecule has 1 saturated heterocycles. The van der Waals surface area contributed by atoms with Gasteiger partial charge in [-0.3, -0.25) is 18.6 Å². The van der Waals surface area contributed by atoms with Crippen LogP contribution in [0.1, 0.15) is 0 Å². The number of thioether (sulfide) groups is 1. The molecule has 2 aromatic heterocycles. The smallest absolute Gasteiger partial charge is 0.300 e. The molecule has 34 heavy (non-hydrogen) atoms. The van der Waals surface area contributed by atoms with Crippen molar-refractivity contribution >= 4 is 29.0 Å². The Kier molecular flexibility index (Phi) is 6.22. The third-order valence-corrected chi connectivity index (χ3v) is 6.78. The van der Waals surface area contributed by atoms with Gasteiger partial charge in [0.2, 0.25) is 11.6 Å². The highest BCUT2D eigenvalue weighted by Crippen LogP contribution is 2.28. The number of aromatic nitrogens is 4. The fraction of sp³-hybridized carbons (Fsp3) is 0.250. The van der Waals surface area contributed by atoms with E-state index in [4.69, 9.17) is 4.74 Å². The number of carbonyl (C=O) groups excluding carboxylic acids is 1. The van der Waals surface area contributed by atoms with Gasteiger partial charge in [0.1, 0.15) is 5.75 Å². The van der Waals surface area contributed by atoms with E-state index in [1.165, 1.54) is 16.3 Å². The maximum Gasteiger partial charge on any atom is 0.300 e. The molecule has 0 radical (unpaired) electrons. The number of carbonyl (C=O) groups is 1. The Morgan fingerprint density at radius 3 is 2.47 bits per heavy atom. The lowest BCUT2D eigenvalue weighted by Gasteiger charge is -2.36. The number of fused-ring (bicyclic) bond motifs is 1. The molecule has 0 aliphatic carbocycles.